The summed E-state index contributed by atoms with van der Waals surface area (Å²) < 4.78 is 43.6. The lowest BCUT2D eigenvalue weighted by Gasteiger charge is -2.49. The van der Waals surface area contributed by atoms with Crippen LogP contribution in [-0.4, -0.2) is 273 Å². The fourth-order valence-corrected chi connectivity index (χ4v) is 6.58. The lowest BCUT2D eigenvalue weighted by molar-refractivity contribution is -0.390. The van der Waals surface area contributed by atoms with Crippen LogP contribution in [-0.2, 0) is 42.7 Å². The van der Waals surface area contributed by atoms with Crippen LogP contribution in [0.15, 0.2) is 0 Å². The quantitative estimate of drug-likeness (QED) is 0.0605. The molecule has 26 nitrogen and oxygen atoms in total. The van der Waals surface area contributed by atoms with E-state index in [0.717, 1.165) is 0 Å². The van der Waals surface area contributed by atoms with E-state index in [4.69, 9.17) is 37.9 Å². The minimum atomic E-state index is -2.17. The molecule has 26 heteroatoms. The van der Waals surface area contributed by atoms with E-state index in [1.807, 2.05) is 0 Å². The lowest BCUT2D eigenvalue weighted by atomic mass is 9.95. The van der Waals surface area contributed by atoms with E-state index in [2.05, 4.69) is 0 Å². The zero-order chi connectivity index (χ0) is 41.8. The number of aliphatic hydroxyl groups excluding tert-OH is 17. The Morgan fingerprint density at radius 3 is 1.16 bits per heavy atom. The Morgan fingerprint density at radius 1 is 0.464 bits per heavy atom. The Bertz CT molecular complexity index is 1180. The predicted octanol–water partition coefficient (Wildman–Crippen LogP) is -12.1. The molecule has 4 rings (SSSR count). The Kier molecular flexibility index (Phi) is 17.6. The maximum Gasteiger partial charge on any atom is 0.187 e. The number of carbonyl (C=O) groups excluding carboxylic acids is 1. The predicted molar refractivity (Wildman–Crippen MR) is 168 cm³/mol. The van der Waals surface area contributed by atoms with Gasteiger partial charge in [0.15, 0.2) is 31.4 Å². The van der Waals surface area contributed by atoms with Crippen molar-refractivity contribution in [1.29, 1.82) is 0 Å². The maximum absolute atomic E-state index is 11.1. The summed E-state index contributed by atoms with van der Waals surface area (Å²) in [5, 5.41) is 175. The first kappa shape index (κ1) is 47.3. The van der Waals surface area contributed by atoms with Crippen molar-refractivity contribution in [3.63, 3.8) is 0 Å². The Labute approximate surface area is 316 Å². The van der Waals surface area contributed by atoms with Crippen molar-refractivity contribution in [2.45, 2.75) is 147 Å². The van der Waals surface area contributed by atoms with Gasteiger partial charge in [0.05, 0.1) is 33.0 Å². The van der Waals surface area contributed by atoms with E-state index in [1.54, 1.807) is 0 Å². The number of aliphatic hydroxyl groups is 17. The van der Waals surface area contributed by atoms with Crippen molar-refractivity contribution in [2.24, 2.45) is 0 Å². The summed E-state index contributed by atoms with van der Waals surface area (Å²) in [6.07, 6.45) is -46.1. The summed E-state index contributed by atoms with van der Waals surface area (Å²) in [4.78, 5) is 11.0. The zero-order valence-electron chi connectivity index (χ0n) is 29.2. The highest BCUT2D eigenvalue weighted by Crippen LogP contribution is 2.34. The molecule has 17 N–H and O–H groups in total. The largest absolute Gasteiger partial charge is 0.394 e. The first-order valence-electron chi connectivity index (χ1n) is 17.4. The Hall–Kier alpha value is -1.33. The molecular weight excluding hydrogens is 776 g/mol. The molecule has 0 unspecified atom stereocenters. The first-order valence-corrected chi connectivity index (χ1v) is 17.4. The molecule has 4 saturated heterocycles. The van der Waals surface area contributed by atoms with Crippen LogP contribution >= 0.6 is 0 Å². The van der Waals surface area contributed by atoms with E-state index in [0.29, 0.717) is 0 Å². The topological polar surface area (TPSA) is 435 Å². The summed E-state index contributed by atoms with van der Waals surface area (Å²) in [7, 11) is 0. The smallest absolute Gasteiger partial charge is 0.187 e. The third kappa shape index (κ3) is 9.99. The summed E-state index contributed by atoms with van der Waals surface area (Å²) in [5.74, 6) is 0. The number of hydrogen-bond acceptors (Lipinski definition) is 26. The summed E-state index contributed by atoms with van der Waals surface area (Å²) in [6, 6.07) is 0. The van der Waals surface area contributed by atoms with Crippen LogP contribution in [0.2, 0.25) is 0 Å². The van der Waals surface area contributed by atoms with Gasteiger partial charge < -0.3 is 130 Å². The molecule has 0 radical (unpaired) electrons. The highest BCUT2D eigenvalue weighted by atomic mass is 16.8. The van der Waals surface area contributed by atoms with Gasteiger partial charge in [0.2, 0.25) is 0 Å². The van der Waals surface area contributed by atoms with Gasteiger partial charge in [-0.2, -0.15) is 0 Å². The van der Waals surface area contributed by atoms with E-state index in [9.17, 15) is 91.6 Å². The third-order valence-electron chi connectivity index (χ3n) is 9.87. The van der Waals surface area contributed by atoms with Gasteiger partial charge in [0.1, 0.15) is 122 Å². The van der Waals surface area contributed by atoms with Gasteiger partial charge in [0, 0.05) is 0 Å². The normalized spacial score (nSPS) is 47.2. The average Bonchev–Trinajstić information content (AvgIpc) is 3.20. The molecule has 0 amide bonds. The van der Waals surface area contributed by atoms with Gasteiger partial charge in [-0.1, -0.05) is 0 Å². The Morgan fingerprint density at radius 2 is 0.804 bits per heavy atom. The number of aldehydes is 1. The molecule has 4 fully saturated rings. The fraction of sp³-hybridized carbons (Fsp3) is 0.967. The standard InChI is InChI=1S/C30H52O26/c31-1-7(37)13(39)23(8(38)2-32)53-28-20(46)16(42)25(10(4-34)50-28)55-30-22(48)18(44)26(12(6-36)52-30)56-29-21(47)17(43)24(11(5-35)51-29)54-27-19(45)15(41)14(40)9(3-33)49-27/h1,7-30,32-48H,2-6H2/t7-,8+,9+,10-,11+,12-,13-,14+,15-,16-,17+,18-,19+,20-,21+,22-,23+,24+,25-,26-,27-,28+,29-,30-/m1/s1. The molecule has 4 heterocycles. The highest BCUT2D eigenvalue weighted by molar-refractivity contribution is 5.56. The molecule has 0 aromatic rings. The number of ether oxygens (including phenoxy) is 8. The van der Waals surface area contributed by atoms with E-state index >= 15 is 0 Å². The molecule has 24 atom stereocenters. The van der Waals surface area contributed by atoms with Crippen molar-refractivity contribution in [2.75, 3.05) is 33.0 Å². The van der Waals surface area contributed by atoms with E-state index in [-0.39, 0.29) is 6.29 Å². The Balaban J connectivity index is 1.43. The molecule has 0 aromatic heterocycles. The van der Waals surface area contributed by atoms with Gasteiger partial charge in [-0.3, -0.25) is 0 Å². The molecule has 4 aliphatic heterocycles. The van der Waals surface area contributed by atoms with Gasteiger partial charge in [-0.05, 0) is 0 Å². The SMILES string of the molecule is O=C[C@@H](O)[C@@H](O)[C@@H](O[C@@H]1O[C@H](CO)[C@@H](O[C@H]2O[C@H](CO)[C@@H](O[C@H]3O[C@@H](CO)[C@H](O[C@H]4O[C@@H](CO)[C@H](O)[C@@H](O)[C@@H]4O)[C@@H](O)[C@@H]3O)[C@H](O)[C@H]2O)[C@H](O)[C@H]1O)[C@@H](O)CO. The first-order chi connectivity index (χ1) is 26.5. The molecule has 0 bridgehead atoms. The molecule has 56 heavy (non-hydrogen) atoms. The minimum absolute atomic E-state index is 0.112. The molecule has 0 saturated carbocycles. The van der Waals surface area contributed by atoms with Gasteiger partial charge in [0.25, 0.3) is 0 Å². The van der Waals surface area contributed by atoms with Crippen LogP contribution in [0.5, 0.6) is 0 Å². The monoisotopic (exact) mass is 828 g/mol. The van der Waals surface area contributed by atoms with Gasteiger partial charge >= 0.3 is 0 Å². The van der Waals surface area contributed by atoms with Crippen molar-refractivity contribution < 1.29 is 130 Å². The van der Waals surface area contributed by atoms with Gasteiger partial charge in [-0.15, -0.1) is 0 Å². The highest BCUT2D eigenvalue weighted by Gasteiger charge is 2.55. The molecule has 4 aliphatic rings. The molecular formula is C30H52O26. The molecule has 328 valence electrons. The minimum Gasteiger partial charge on any atom is -0.394 e. The molecule has 0 spiro atoms. The van der Waals surface area contributed by atoms with Gasteiger partial charge in [-0.25, -0.2) is 0 Å². The number of carbonyl (C=O) groups is 1. The summed E-state index contributed by atoms with van der Waals surface area (Å²) in [5.41, 5.74) is 0. The van der Waals surface area contributed by atoms with Crippen LogP contribution in [0.4, 0.5) is 0 Å². The van der Waals surface area contributed by atoms with Crippen molar-refractivity contribution in [3.8, 4) is 0 Å². The summed E-state index contributed by atoms with van der Waals surface area (Å²) >= 11 is 0. The van der Waals surface area contributed by atoms with Crippen LogP contribution in [0.25, 0.3) is 0 Å². The van der Waals surface area contributed by atoms with Crippen LogP contribution < -0.4 is 0 Å². The van der Waals surface area contributed by atoms with Crippen LogP contribution in [0, 0.1) is 0 Å². The molecule has 0 aliphatic carbocycles. The second-order valence-electron chi connectivity index (χ2n) is 13.6. The van der Waals surface area contributed by atoms with Crippen molar-refractivity contribution in [3.05, 3.63) is 0 Å². The second-order valence-corrected chi connectivity index (χ2v) is 13.6. The lowest BCUT2D eigenvalue weighted by Crippen LogP contribution is -2.67. The van der Waals surface area contributed by atoms with Crippen LogP contribution in [0.3, 0.4) is 0 Å². The second kappa shape index (κ2) is 20.8. The number of hydrogen-bond donors (Lipinski definition) is 17. The van der Waals surface area contributed by atoms with E-state index in [1.165, 1.54) is 0 Å². The van der Waals surface area contributed by atoms with Crippen molar-refractivity contribution >= 4 is 6.29 Å². The summed E-state index contributed by atoms with van der Waals surface area (Å²) in [6.45, 7) is -4.84. The fourth-order valence-electron chi connectivity index (χ4n) is 6.58. The third-order valence-corrected chi connectivity index (χ3v) is 9.87. The number of rotatable bonds is 17. The molecule has 0 aromatic carbocycles. The van der Waals surface area contributed by atoms with Crippen molar-refractivity contribution in [1.82, 2.24) is 0 Å². The average molecular weight is 829 g/mol. The maximum atomic E-state index is 11.1. The van der Waals surface area contributed by atoms with Crippen LogP contribution in [0.1, 0.15) is 0 Å². The van der Waals surface area contributed by atoms with E-state index < -0.39 is 180 Å². The zero-order valence-corrected chi connectivity index (χ0v) is 29.2.